The van der Waals surface area contributed by atoms with Crippen LogP contribution < -0.4 is 5.43 Å². The van der Waals surface area contributed by atoms with Crippen LogP contribution in [0.2, 0.25) is 0 Å². The average molecular weight is 186 g/mol. The van der Waals surface area contributed by atoms with Crippen molar-refractivity contribution in [3.05, 3.63) is 41.5 Å². The van der Waals surface area contributed by atoms with Gasteiger partial charge in [0.15, 0.2) is 0 Å². The molecule has 0 unspecified atom stereocenters. The third-order valence-electron chi connectivity index (χ3n) is 2.07. The van der Waals surface area contributed by atoms with Gasteiger partial charge in [-0.25, -0.2) is 5.43 Å². The second-order valence-electron chi connectivity index (χ2n) is 3.11. The molecule has 0 aromatic heterocycles. The van der Waals surface area contributed by atoms with E-state index in [0.29, 0.717) is 5.57 Å². The van der Waals surface area contributed by atoms with Crippen molar-refractivity contribution < 1.29 is 4.79 Å². The van der Waals surface area contributed by atoms with Crippen molar-refractivity contribution in [1.29, 1.82) is 0 Å². The van der Waals surface area contributed by atoms with Gasteiger partial charge in [0.1, 0.15) is 0 Å². The lowest BCUT2D eigenvalue weighted by atomic mass is 10.1. The van der Waals surface area contributed by atoms with Gasteiger partial charge in [0.05, 0.1) is 11.3 Å². The molecular weight excluding hydrogens is 176 g/mol. The highest BCUT2D eigenvalue weighted by Gasteiger charge is 2.17. The molecule has 14 heavy (non-hydrogen) atoms. The minimum Gasteiger partial charge on any atom is -0.267 e. The van der Waals surface area contributed by atoms with Crippen molar-refractivity contribution in [2.75, 3.05) is 0 Å². The van der Waals surface area contributed by atoms with Gasteiger partial charge >= 0.3 is 0 Å². The third-order valence-corrected chi connectivity index (χ3v) is 2.07. The molecule has 1 N–H and O–H groups in total. The fraction of sp³-hybridized carbons (Fsp3) is 0.0909. The molecule has 0 aliphatic carbocycles. The lowest BCUT2D eigenvalue weighted by molar-refractivity contribution is -0.116. The van der Waals surface area contributed by atoms with E-state index < -0.39 is 0 Å². The quantitative estimate of drug-likeness (QED) is 0.664. The molecule has 1 aromatic rings. The lowest BCUT2D eigenvalue weighted by Gasteiger charge is -1.95. The van der Waals surface area contributed by atoms with Gasteiger partial charge in [-0.1, -0.05) is 30.3 Å². The molecule has 1 aliphatic heterocycles. The minimum atomic E-state index is -0.133. The topological polar surface area (TPSA) is 41.5 Å². The van der Waals surface area contributed by atoms with Crippen LogP contribution in [0.15, 0.2) is 41.0 Å². The Morgan fingerprint density at radius 2 is 2.00 bits per heavy atom. The Bertz CT molecular complexity index is 418. The van der Waals surface area contributed by atoms with Crippen LogP contribution in [0.25, 0.3) is 6.08 Å². The van der Waals surface area contributed by atoms with Gasteiger partial charge in [-0.15, -0.1) is 0 Å². The summed E-state index contributed by atoms with van der Waals surface area (Å²) in [5, 5.41) is 3.84. The van der Waals surface area contributed by atoms with Gasteiger partial charge in [0.25, 0.3) is 5.91 Å². The van der Waals surface area contributed by atoms with E-state index in [1.165, 1.54) is 0 Å². The second kappa shape index (κ2) is 3.46. The predicted molar refractivity (Wildman–Crippen MR) is 55.7 cm³/mol. The number of hydrogen-bond acceptors (Lipinski definition) is 2. The number of benzene rings is 1. The van der Waals surface area contributed by atoms with E-state index >= 15 is 0 Å². The summed E-state index contributed by atoms with van der Waals surface area (Å²) in [6.45, 7) is 1.81. The minimum absolute atomic E-state index is 0.133. The molecule has 0 fully saturated rings. The largest absolute Gasteiger partial charge is 0.273 e. The molecule has 70 valence electrons. The standard InChI is InChI=1S/C11H10N2O/c1-8-10(11(14)13-12-8)7-9-5-3-2-4-6-9/h2-7H,1H3,(H,13,14)/b10-7-. The molecule has 2 rings (SSSR count). The molecule has 1 amide bonds. The van der Waals surface area contributed by atoms with Crippen LogP contribution >= 0.6 is 0 Å². The zero-order valence-corrected chi connectivity index (χ0v) is 7.82. The first-order valence-electron chi connectivity index (χ1n) is 4.39. The highest BCUT2D eigenvalue weighted by Crippen LogP contribution is 2.11. The van der Waals surface area contributed by atoms with Crippen LogP contribution in [0.5, 0.6) is 0 Å². The van der Waals surface area contributed by atoms with Gasteiger partial charge in [-0.2, -0.15) is 5.10 Å². The van der Waals surface area contributed by atoms with Gasteiger partial charge in [-0.3, -0.25) is 4.79 Å². The maximum Gasteiger partial charge on any atom is 0.273 e. The van der Waals surface area contributed by atoms with Crippen molar-refractivity contribution in [2.24, 2.45) is 5.10 Å². The predicted octanol–water partition coefficient (Wildman–Crippen LogP) is 1.58. The van der Waals surface area contributed by atoms with Crippen LogP contribution in [-0.4, -0.2) is 11.6 Å². The SMILES string of the molecule is CC1=NNC(=O)/C1=C\c1ccccc1. The molecular formula is C11H10N2O. The highest BCUT2D eigenvalue weighted by molar-refractivity contribution is 6.26. The highest BCUT2D eigenvalue weighted by atomic mass is 16.2. The molecule has 0 atom stereocenters. The zero-order chi connectivity index (χ0) is 9.97. The zero-order valence-electron chi connectivity index (χ0n) is 7.82. The average Bonchev–Trinajstić information content (AvgIpc) is 2.51. The molecule has 0 saturated carbocycles. The first-order chi connectivity index (χ1) is 6.77. The Balaban J connectivity index is 2.36. The normalized spacial score (nSPS) is 18.2. The smallest absolute Gasteiger partial charge is 0.267 e. The van der Waals surface area contributed by atoms with Crippen molar-refractivity contribution in [3.63, 3.8) is 0 Å². The summed E-state index contributed by atoms with van der Waals surface area (Å²) in [5.74, 6) is -0.133. The van der Waals surface area contributed by atoms with Gasteiger partial charge in [0, 0.05) is 0 Å². The summed E-state index contributed by atoms with van der Waals surface area (Å²) in [6, 6.07) is 9.72. The molecule has 3 nitrogen and oxygen atoms in total. The van der Waals surface area contributed by atoms with Crippen LogP contribution in [0, 0.1) is 0 Å². The van der Waals surface area contributed by atoms with Crippen molar-refractivity contribution in [2.45, 2.75) is 6.92 Å². The summed E-state index contributed by atoms with van der Waals surface area (Å²) in [6.07, 6.45) is 1.83. The summed E-state index contributed by atoms with van der Waals surface area (Å²) in [4.78, 5) is 11.3. The Hall–Kier alpha value is -1.90. The molecule has 1 aliphatic rings. The van der Waals surface area contributed by atoms with E-state index in [2.05, 4.69) is 10.5 Å². The summed E-state index contributed by atoms with van der Waals surface area (Å²) < 4.78 is 0. The van der Waals surface area contributed by atoms with E-state index in [0.717, 1.165) is 11.3 Å². The Morgan fingerprint density at radius 1 is 1.29 bits per heavy atom. The summed E-state index contributed by atoms with van der Waals surface area (Å²) >= 11 is 0. The molecule has 0 spiro atoms. The fourth-order valence-electron chi connectivity index (χ4n) is 1.31. The van der Waals surface area contributed by atoms with Crippen LogP contribution in [0.4, 0.5) is 0 Å². The number of nitrogens with one attached hydrogen (secondary N) is 1. The second-order valence-corrected chi connectivity index (χ2v) is 3.11. The summed E-state index contributed by atoms with van der Waals surface area (Å²) in [7, 11) is 0. The maximum atomic E-state index is 11.3. The third kappa shape index (κ3) is 1.57. The summed E-state index contributed by atoms with van der Waals surface area (Å²) in [5.41, 5.74) is 4.80. The van der Waals surface area contributed by atoms with E-state index in [1.807, 2.05) is 43.3 Å². The number of nitrogens with zero attached hydrogens (tertiary/aromatic N) is 1. The van der Waals surface area contributed by atoms with Gasteiger partial charge in [0.2, 0.25) is 0 Å². The van der Waals surface area contributed by atoms with E-state index in [1.54, 1.807) is 0 Å². The van der Waals surface area contributed by atoms with Gasteiger partial charge < -0.3 is 0 Å². The number of carbonyl (C=O) groups excluding carboxylic acids is 1. The molecule has 1 aromatic carbocycles. The maximum absolute atomic E-state index is 11.3. The van der Waals surface area contributed by atoms with Gasteiger partial charge in [-0.05, 0) is 18.6 Å². The molecule has 3 heteroatoms. The molecule has 0 saturated heterocycles. The molecule has 0 radical (unpaired) electrons. The van der Waals surface area contributed by atoms with E-state index in [9.17, 15) is 4.79 Å². The first kappa shape index (κ1) is 8.69. The first-order valence-corrected chi connectivity index (χ1v) is 4.39. The lowest BCUT2D eigenvalue weighted by Crippen LogP contribution is -2.12. The van der Waals surface area contributed by atoms with Crippen molar-refractivity contribution in [1.82, 2.24) is 5.43 Å². The Kier molecular flexibility index (Phi) is 2.14. The van der Waals surface area contributed by atoms with E-state index in [4.69, 9.17) is 0 Å². The number of amides is 1. The van der Waals surface area contributed by atoms with Crippen LogP contribution in [0.3, 0.4) is 0 Å². The van der Waals surface area contributed by atoms with E-state index in [-0.39, 0.29) is 5.91 Å². The Morgan fingerprint density at radius 3 is 2.57 bits per heavy atom. The van der Waals surface area contributed by atoms with Crippen LogP contribution in [-0.2, 0) is 4.79 Å². The Labute approximate surface area is 82.1 Å². The monoisotopic (exact) mass is 186 g/mol. The van der Waals surface area contributed by atoms with Crippen molar-refractivity contribution in [3.8, 4) is 0 Å². The molecule has 0 bridgehead atoms. The fourth-order valence-corrected chi connectivity index (χ4v) is 1.31. The number of hydrogen-bond donors (Lipinski definition) is 1. The van der Waals surface area contributed by atoms with Crippen molar-refractivity contribution >= 4 is 17.7 Å². The van der Waals surface area contributed by atoms with Crippen LogP contribution in [0.1, 0.15) is 12.5 Å². The number of rotatable bonds is 1. The molecule has 1 heterocycles. The number of hydrazone groups is 1. The number of carbonyl (C=O) groups is 1.